The first-order chi connectivity index (χ1) is 7.91. The summed E-state index contributed by atoms with van der Waals surface area (Å²) in [6.45, 7) is 3.89. The second-order valence-electron chi connectivity index (χ2n) is 5.71. The number of nitrogens with two attached hydrogens (primary N) is 1. The SMILES string of the molecule is CC1CC(C(=O)N(C)CCN(C)C)CCC1N. The van der Waals surface area contributed by atoms with Crippen molar-refractivity contribution in [3.05, 3.63) is 0 Å². The molecular weight excluding hydrogens is 214 g/mol. The van der Waals surface area contributed by atoms with Crippen LogP contribution in [0.25, 0.3) is 0 Å². The molecule has 1 amide bonds. The van der Waals surface area contributed by atoms with Crippen molar-refractivity contribution >= 4 is 5.91 Å². The maximum atomic E-state index is 12.2. The summed E-state index contributed by atoms with van der Waals surface area (Å²) in [5.74, 6) is 0.961. The third-order valence-corrected chi connectivity index (χ3v) is 3.84. The molecule has 2 N–H and O–H groups in total. The van der Waals surface area contributed by atoms with Crippen LogP contribution in [0.1, 0.15) is 26.2 Å². The van der Waals surface area contributed by atoms with E-state index in [0.29, 0.717) is 11.8 Å². The van der Waals surface area contributed by atoms with Crippen LogP contribution in [0.3, 0.4) is 0 Å². The van der Waals surface area contributed by atoms with Gasteiger partial charge in [-0.3, -0.25) is 4.79 Å². The highest BCUT2D eigenvalue weighted by Crippen LogP contribution is 2.29. The van der Waals surface area contributed by atoms with Gasteiger partial charge in [0, 0.05) is 32.1 Å². The van der Waals surface area contributed by atoms with Gasteiger partial charge in [0.15, 0.2) is 0 Å². The molecule has 17 heavy (non-hydrogen) atoms. The number of hydrogen-bond acceptors (Lipinski definition) is 3. The Balaban J connectivity index is 2.41. The summed E-state index contributed by atoms with van der Waals surface area (Å²) in [5.41, 5.74) is 5.98. The molecule has 0 aromatic carbocycles. The van der Waals surface area contributed by atoms with Crippen LogP contribution >= 0.6 is 0 Å². The molecule has 1 aliphatic rings. The van der Waals surface area contributed by atoms with Gasteiger partial charge < -0.3 is 15.5 Å². The van der Waals surface area contributed by atoms with Crippen LogP contribution in [-0.2, 0) is 4.79 Å². The maximum absolute atomic E-state index is 12.2. The van der Waals surface area contributed by atoms with E-state index in [1.54, 1.807) is 0 Å². The summed E-state index contributed by atoms with van der Waals surface area (Å²) in [7, 11) is 5.96. The highest BCUT2D eigenvalue weighted by atomic mass is 16.2. The van der Waals surface area contributed by atoms with Gasteiger partial charge in [0.2, 0.25) is 5.91 Å². The minimum atomic E-state index is 0.192. The number of nitrogens with zero attached hydrogens (tertiary/aromatic N) is 2. The van der Waals surface area contributed by atoms with E-state index in [1.807, 2.05) is 26.0 Å². The van der Waals surface area contributed by atoms with E-state index >= 15 is 0 Å². The van der Waals surface area contributed by atoms with Crippen molar-refractivity contribution in [2.75, 3.05) is 34.2 Å². The molecular formula is C13H27N3O. The topological polar surface area (TPSA) is 49.6 Å². The lowest BCUT2D eigenvalue weighted by atomic mass is 9.79. The Labute approximate surface area is 105 Å². The van der Waals surface area contributed by atoms with Crippen LogP contribution in [-0.4, -0.2) is 56.0 Å². The lowest BCUT2D eigenvalue weighted by Gasteiger charge is -2.33. The molecule has 1 saturated carbocycles. The molecule has 3 atom stereocenters. The van der Waals surface area contributed by atoms with E-state index in [2.05, 4.69) is 11.8 Å². The fraction of sp³-hybridized carbons (Fsp3) is 0.923. The standard InChI is InChI=1S/C13H27N3O/c1-10-9-11(5-6-12(10)14)13(17)16(4)8-7-15(2)3/h10-12H,5-9,14H2,1-4H3. The van der Waals surface area contributed by atoms with Crippen molar-refractivity contribution in [1.82, 2.24) is 9.80 Å². The van der Waals surface area contributed by atoms with Crippen molar-refractivity contribution in [2.45, 2.75) is 32.2 Å². The molecule has 1 fully saturated rings. The van der Waals surface area contributed by atoms with Gasteiger partial charge in [-0.05, 0) is 39.3 Å². The predicted molar refractivity (Wildman–Crippen MR) is 70.7 cm³/mol. The molecule has 0 heterocycles. The predicted octanol–water partition coefficient (Wildman–Crippen LogP) is 0.770. The molecule has 0 saturated heterocycles. The average molecular weight is 241 g/mol. The summed E-state index contributed by atoms with van der Waals surface area (Å²) in [6, 6.07) is 0.283. The summed E-state index contributed by atoms with van der Waals surface area (Å²) >= 11 is 0. The number of rotatable bonds is 4. The molecule has 0 spiro atoms. The minimum Gasteiger partial charge on any atom is -0.344 e. The Bertz CT molecular complexity index is 255. The summed E-state index contributed by atoms with van der Waals surface area (Å²) < 4.78 is 0. The van der Waals surface area contributed by atoms with Gasteiger partial charge in [-0.15, -0.1) is 0 Å². The Morgan fingerprint density at radius 1 is 1.24 bits per heavy atom. The molecule has 0 aliphatic heterocycles. The van der Waals surface area contributed by atoms with Crippen molar-refractivity contribution in [2.24, 2.45) is 17.6 Å². The zero-order chi connectivity index (χ0) is 13.0. The van der Waals surface area contributed by atoms with Crippen LogP contribution < -0.4 is 5.73 Å². The van der Waals surface area contributed by atoms with Crippen molar-refractivity contribution in [3.8, 4) is 0 Å². The lowest BCUT2D eigenvalue weighted by Crippen LogP contribution is -2.42. The van der Waals surface area contributed by atoms with E-state index in [-0.39, 0.29) is 12.0 Å². The molecule has 4 heteroatoms. The van der Waals surface area contributed by atoms with Crippen molar-refractivity contribution in [1.29, 1.82) is 0 Å². The normalized spacial score (nSPS) is 29.4. The Kier molecular flexibility index (Phi) is 5.40. The average Bonchev–Trinajstić information content (AvgIpc) is 2.28. The molecule has 3 unspecified atom stereocenters. The fourth-order valence-corrected chi connectivity index (χ4v) is 2.42. The van der Waals surface area contributed by atoms with Crippen LogP contribution in [0, 0.1) is 11.8 Å². The first-order valence-corrected chi connectivity index (χ1v) is 6.57. The number of hydrogen-bond donors (Lipinski definition) is 1. The van der Waals surface area contributed by atoms with Gasteiger partial charge in [-0.1, -0.05) is 6.92 Å². The smallest absolute Gasteiger partial charge is 0.225 e. The van der Waals surface area contributed by atoms with E-state index < -0.39 is 0 Å². The zero-order valence-corrected chi connectivity index (χ0v) is 11.6. The number of carbonyl (C=O) groups excluding carboxylic acids is 1. The van der Waals surface area contributed by atoms with Gasteiger partial charge in [0.1, 0.15) is 0 Å². The molecule has 0 bridgehead atoms. The second-order valence-corrected chi connectivity index (χ2v) is 5.71. The summed E-state index contributed by atoms with van der Waals surface area (Å²) in [6.07, 6.45) is 2.89. The van der Waals surface area contributed by atoms with Crippen LogP contribution in [0.15, 0.2) is 0 Å². The third-order valence-electron chi connectivity index (χ3n) is 3.84. The molecule has 4 nitrogen and oxygen atoms in total. The third kappa shape index (κ3) is 4.28. The minimum absolute atomic E-state index is 0.192. The maximum Gasteiger partial charge on any atom is 0.225 e. The monoisotopic (exact) mass is 241 g/mol. The van der Waals surface area contributed by atoms with Crippen LogP contribution in [0.4, 0.5) is 0 Å². The Morgan fingerprint density at radius 2 is 1.88 bits per heavy atom. The van der Waals surface area contributed by atoms with E-state index in [9.17, 15) is 4.79 Å². The quantitative estimate of drug-likeness (QED) is 0.791. The molecule has 1 aliphatic carbocycles. The van der Waals surface area contributed by atoms with Gasteiger partial charge in [0.25, 0.3) is 0 Å². The molecule has 0 radical (unpaired) electrons. The number of likely N-dealkylation sites (N-methyl/N-ethyl adjacent to an activating group) is 2. The van der Waals surface area contributed by atoms with E-state index in [1.165, 1.54) is 0 Å². The summed E-state index contributed by atoms with van der Waals surface area (Å²) in [4.78, 5) is 16.2. The van der Waals surface area contributed by atoms with Crippen molar-refractivity contribution in [3.63, 3.8) is 0 Å². The van der Waals surface area contributed by atoms with E-state index in [4.69, 9.17) is 5.73 Å². The Morgan fingerprint density at radius 3 is 2.41 bits per heavy atom. The number of amides is 1. The Hall–Kier alpha value is -0.610. The highest BCUT2D eigenvalue weighted by Gasteiger charge is 2.30. The fourth-order valence-electron chi connectivity index (χ4n) is 2.42. The molecule has 1 rings (SSSR count). The lowest BCUT2D eigenvalue weighted by molar-refractivity contribution is -0.135. The summed E-state index contributed by atoms with van der Waals surface area (Å²) in [5, 5.41) is 0. The molecule has 0 aromatic rings. The van der Waals surface area contributed by atoms with Gasteiger partial charge in [-0.2, -0.15) is 0 Å². The molecule has 100 valence electrons. The first-order valence-electron chi connectivity index (χ1n) is 6.57. The van der Waals surface area contributed by atoms with Gasteiger partial charge in [-0.25, -0.2) is 0 Å². The zero-order valence-electron chi connectivity index (χ0n) is 11.6. The highest BCUT2D eigenvalue weighted by molar-refractivity contribution is 5.78. The van der Waals surface area contributed by atoms with Gasteiger partial charge in [0.05, 0.1) is 0 Å². The first kappa shape index (κ1) is 14.5. The van der Waals surface area contributed by atoms with Gasteiger partial charge >= 0.3 is 0 Å². The van der Waals surface area contributed by atoms with Crippen molar-refractivity contribution < 1.29 is 4.79 Å². The number of carbonyl (C=O) groups is 1. The molecule has 0 aromatic heterocycles. The largest absolute Gasteiger partial charge is 0.344 e. The van der Waals surface area contributed by atoms with E-state index in [0.717, 1.165) is 32.4 Å². The van der Waals surface area contributed by atoms with Crippen LogP contribution in [0.5, 0.6) is 0 Å². The van der Waals surface area contributed by atoms with Crippen LogP contribution in [0.2, 0.25) is 0 Å². The second kappa shape index (κ2) is 6.36.